The van der Waals surface area contributed by atoms with Crippen molar-refractivity contribution in [2.75, 3.05) is 19.6 Å². The summed E-state index contributed by atoms with van der Waals surface area (Å²) in [4.78, 5) is 18.7. The van der Waals surface area contributed by atoms with E-state index >= 15 is 0 Å². The van der Waals surface area contributed by atoms with Crippen LogP contribution in [0.15, 0.2) is 12.5 Å². The number of carbonyl (C=O) groups is 1. The third-order valence-corrected chi connectivity index (χ3v) is 4.31. The lowest BCUT2D eigenvalue weighted by Gasteiger charge is -2.24. The monoisotopic (exact) mass is 262 g/mol. The molecule has 1 aromatic heterocycles. The molecule has 2 atom stereocenters. The normalized spacial score (nSPS) is 24.9. The molecule has 0 aromatic carbocycles. The molecule has 2 aliphatic heterocycles. The Balaban J connectivity index is 1.77. The lowest BCUT2D eigenvalue weighted by molar-refractivity contribution is -0.133. The summed E-state index contributed by atoms with van der Waals surface area (Å²) >= 11 is 0. The molecule has 2 saturated heterocycles. The van der Waals surface area contributed by atoms with Gasteiger partial charge in [-0.15, -0.1) is 0 Å². The van der Waals surface area contributed by atoms with Crippen molar-refractivity contribution in [2.45, 2.75) is 44.7 Å². The lowest BCUT2D eigenvalue weighted by atomic mass is 10.1. The molecule has 1 unspecified atom stereocenters. The Hall–Kier alpha value is -1.36. The quantitative estimate of drug-likeness (QED) is 0.898. The number of carbonyl (C=O) groups excluding carboxylic acids is 1. The first kappa shape index (κ1) is 12.7. The first-order chi connectivity index (χ1) is 9.27. The van der Waals surface area contributed by atoms with Crippen molar-refractivity contribution in [1.29, 1.82) is 0 Å². The van der Waals surface area contributed by atoms with E-state index in [1.54, 1.807) is 6.33 Å². The predicted molar refractivity (Wildman–Crippen MR) is 72.7 cm³/mol. The van der Waals surface area contributed by atoms with Gasteiger partial charge in [0.15, 0.2) is 0 Å². The molecule has 1 amide bonds. The Bertz CT molecular complexity index is 444. The van der Waals surface area contributed by atoms with E-state index in [-0.39, 0.29) is 11.9 Å². The zero-order valence-electron chi connectivity index (χ0n) is 11.5. The second kappa shape index (κ2) is 5.33. The van der Waals surface area contributed by atoms with Crippen molar-refractivity contribution in [1.82, 2.24) is 19.8 Å². The second-order valence-corrected chi connectivity index (χ2v) is 5.58. The standard InChI is InChI=1S/C14H22N4O/c1-11(14(19)17-7-2-3-8-17)18-10-15-9-13(18)12-5-4-6-16-12/h9-12,16H,2-8H2,1H3/t11?,12-/m0/s1. The number of hydrogen-bond acceptors (Lipinski definition) is 3. The van der Waals surface area contributed by atoms with Crippen molar-refractivity contribution < 1.29 is 4.79 Å². The molecular weight excluding hydrogens is 240 g/mol. The summed E-state index contributed by atoms with van der Waals surface area (Å²) in [6.45, 7) is 4.87. The number of likely N-dealkylation sites (tertiary alicyclic amines) is 1. The maximum atomic E-state index is 12.5. The van der Waals surface area contributed by atoms with Crippen molar-refractivity contribution in [3.63, 3.8) is 0 Å². The molecular formula is C14H22N4O. The first-order valence-electron chi connectivity index (χ1n) is 7.31. The van der Waals surface area contributed by atoms with Crippen LogP contribution in [-0.4, -0.2) is 40.0 Å². The van der Waals surface area contributed by atoms with E-state index in [0.29, 0.717) is 6.04 Å². The smallest absolute Gasteiger partial charge is 0.245 e. The average molecular weight is 262 g/mol. The van der Waals surface area contributed by atoms with Gasteiger partial charge < -0.3 is 14.8 Å². The number of imidazole rings is 1. The van der Waals surface area contributed by atoms with Gasteiger partial charge in [0, 0.05) is 25.3 Å². The minimum Gasteiger partial charge on any atom is -0.341 e. The molecule has 3 heterocycles. The SMILES string of the molecule is CC(C(=O)N1CCCC1)n1cncc1[C@@H]1CCCN1. The van der Waals surface area contributed by atoms with Gasteiger partial charge in [-0.3, -0.25) is 4.79 Å². The molecule has 3 rings (SSSR count). The Morgan fingerprint density at radius 3 is 2.89 bits per heavy atom. The maximum absolute atomic E-state index is 12.5. The minimum absolute atomic E-state index is 0.141. The molecule has 5 heteroatoms. The molecule has 5 nitrogen and oxygen atoms in total. The summed E-state index contributed by atoms with van der Waals surface area (Å²) in [5.74, 6) is 0.231. The summed E-state index contributed by atoms with van der Waals surface area (Å²) < 4.78 is 2.05. The van der Waals surface area contributed by atoms with Gasteiger partial charge >= 0.3 is 0 Å². The average Bonchev–Trinajstić information content (AvgIpc) is 3.15. The van der Waals surface area contributed by atoms with Gasteiger partial charge in [0.1, 0.15) is 6.04 Å². The van der Waals surface area contributed by atoms with Gasteiger partial charge in [-0.25, -0.2) is 4.98 Å². The molecule has 0 saturated carbocycles. The van der Waals surface area contributed by atoms with Gasteiger partial charge in [-0.1, -0.05) is 0 Å². The van der Waals surface area contributed by atoms with Crippen LogP contribution in [-0.2, 0) is 4.79 Å². The van der Waals surface area contributed by atoms with Crippen molar-refractivity contribution in [3.05, 3.63) is 18.2 Å². The molecule has 2 fully saturated rings. The van der Waals surface area contributed by atoms with Gasteiger partial charge in [-0.2, -0.15) is 0 Å². The van der Waals surface area contributed by atoms with Gasteiger partial charge in [0.25, 0.3) is 0 Å². The fraction of sp³-hybridized carbons (Fsp3) is 0.714. The third-order valence-electron chi connectivity index (χ3n) is 4.31. The molecule has 1 N–H and O–H groups in total. The van der Waals surface area contributed by atoms with Gasteiger partial charge in [0.2, 0.25) is 5.91 Å². The summed E-state index contributed by atoms with van der Waals surface area (Å²) in [5.41, 5.74) is 1.15. The topological polar surface area (TPSA) is 50.2 Å². The minimum atomic E-state index is -0.141. The van der Waals surface area contributed by atoms with Crippen LogP contribution in [0.25, 0.3) is 0 Å². The van der Waals surface area contributed by atoms with Crippen LogP contribution in [0.5, 0.6) is 0 Å². The van der Waals surface area contributed by atoms with Crippen LogP contribution < -0.4 is 5.32 Å². The van der Waals surface area contributed by atoms with Gasteiger partial charge in [-0.05, 0) is 39.2 Å². The van der Waals surface area contributed by atoms with Crippen LogP contribution in [0, 0.1) is 0 Å². The highest BCUT2D eigenvalue weighted by Gasteiger charge is 2.28. The Morgan fingerprint density at radius 1 is 1.42 bits per heavy atom. The predicted octanol–water partition coefficient (Wildman–Crippen LogP) is 1.49. The van der Waals surface area contributed by atoms with Crippen LogP contribution in [0.3, 0.4) is 0 Å². The molecule has 1 aromatic rings. The number of nitrogens with zero attached hydrogens (tertiary/aromatic N) is 3. The number of amides is 1. The van der Waals surface area contributed by atoms with E-state index in [0.717, 1.165) is 44.6 Å². The van der Waals surface area contributed by atoms with E-state index in [9.17, 15) is 4.79 Å². The lowest BCUT2D eigenvalue weighted by Crippen LogP contribution is -2.34. The number of rotatable bonds is 3. The fourth-order valence-corrected chi connectivity index (χ4v) is 3.17. The molecule has 0 radical (unpaired) electrons. The van der Waals surface area contributed by atoms with Crippen LogP contribution in [0.4, 0.5) is 0 Å². The first-order valence-corrected chi connectivity index (χ1v) is 7.31. The summed E-state index contributed by atoms with van der Waals surface area (Å²) in [7, 11) is 0. The van der Waals surface area contributed by atoms with Gasteiger partial charge in [0.05, 0.1) is 12.0 Å². The van der Waals surface area contributed by atoms with Crippen LogP contribution >= 0.6 is 0 Å². The number of hydrogen-bond donors (Lipinski definition) is 1. The highest BCUT2D eigenvalue weighted by Crippen LogP contribution is 2.26. The Morgan fingerprint density at radius 2 is 2.21 bits per heavy atom. The zero-order chi connectivity index (χ0) is 13.2. The Labute approximate surface area is 114 Å². The summed E-state index contributed by atoms with van der Waals surface area (Å²) in [6.07, 6.45) is 8.31. The summed E-state index contributed by atoms with van der Waals surface area (Å²) in [5, 5.41) is 3.48. The number of nitrogens with one attached hydrogen (secondary N) is 1. The summed E-state index contributed by atoms with van der Waals surface area (Å²) in [6, 6.07) is 0.217. The van der Waals surface area contributed by atoms with E-state index in [1.807, 2.05) is 22.6 Å². The van der Waals surface area contributed by atoms with Crippen LogP contribution in [0.1, 0.15) is 50.4 Å². The van der Waals surface area contributed by atoms with Crippen molar-refractivity contribution >= 4 is 5.91 Å². The highest BCUT2D eigenvalue weighted by atomic mass is 16.2. The molecule has 19 heavy (non-hydrogen) atoms. The largest absolute Gasteiger partial charge is 0.341 e. The van der Waals surface area contributed by atoms with E-state index < -0.39 is 0 Å². The molecule has 0 spiro atoms. The molecule has 0 aliphatic carbocycles. The van der Waals surface area contributed by atoms with Crippen LogP contribution in [0.2, 0.25) is 0 Å². The molecule has 0 bridgehead atoms. The second-order valence-electron chi connectivity index (χ2n) is 5.58. The zero-order valence-corrected chi connectivity index (χ0v) is 11.5. The van der Waals surface area contributed by atoms with Crippen molar-refractivity contribution in [3.8, 4) is 0 Å². The fourth-order valence-electron chi connectivity index (χ4n) is 3.17. The van der Waals surface area contributed by atoms with E-state index in [1.165, 1.54) is 6.42 Å². The third kappa shape index (κ3) is 2.39. The number of aromatic nitrogens is 2. The Kier molecular flexibility index (Phi) is 3.55. The molecule has 2 aliphatic rings. The highest BCUT2D eigenvalue weighted by molar-refractivity contribution is 5.80. The molecule has 104 valence electrons. The van der Waals surface area contributed by atoms with E-state index in [4.69, 9.17) is 0 Å². The maximum Gasteiger partial charge on any atom is 0.245 e. The van der Waals surface area contributed by atoms with E-state index in [2.05, 4.69) is 10.3 Å². The van der Waals surface area contributed by atoms with Crippen molar-refractivity contribution in [2.24, 2.45) is 0 Å².